The molecular weight excluding hydrogens is 240 g/mol. The summed E-state index contributed by atoms with van der Waals surface area (Å²) < 4.78 is 4.74. The molecule has 18 heavy (non-hydrogen) atoms. The van der Waals surface area contributed by atoms with Crippen molar-refractivity contribution in [1.82, 2.24) is 0 Å². The molecule has 1 rings (SSSR count). The predicted molar refractivity (Wildman–Crippen MR) is 61.6 cm³/mol. The number of ether oxygens (including phenoxy) is 1. The molecule has 6 heteroatoms. The molecule has 0 atom stereocenters. The van der Waals surface area contributed by atoms with Crippen molar-refractivity contribution in [3.8, 4) is 0 Å². The normalized spacial score (nSPS) is 10.1. The highest BCUT2D eigenvalue weighted by Crippen LogP contribution is 2.17. The number of carboxylic acids is 1. The van der Waals surface area contributed by atoms with E-state index in [1.54, 1.807) is 0 Å². The van der Waals surface area contributed by atoms with Crippen LogP contribution in [0, 0.1) is 0 Å². The van der Waals surface area contributed by atoms with Crippen LogP contribution in [0.2, 0.25) is 0 Å². The summed E-state index contributed by atoms with van der Waals surface area (Å²) in [4.78, 5) is 22.7. The van der Waals surface area contributed by atoms with Crippen LogP contribution in [0.4, 0.5) is 0 Å². The monoisotopic (exact) mass is 254 g/mol. The fourth-order valence-electron chi connectivity index (χ4n) is 1.58. The van der Waals surface area contributed by atoms with Crippen molar-refractivity contribution in [3.05, 3.63) is 34.9 Å². The second kappa shape index (κ2) is 6.73. The minimum atomic E-state index is -1.17. The van der Waals surface area contributed by atoms with Gasteiger partial charge in [-0.2, -0.15) is 0 Å². The van der Waals surface area contributed by atoms with Gasteiger partial charge in [-0.25, -0.2) is 9.59 Å². The van der Waals surface area contributed by atoms with Crippen molar-refractivity contribution in [1.29, 1.82) is 0 Å². The molecule has 98 valence electrons. The lowest BCUT2D eigenvalue weighted by molar-refractivity contribution is 0.0432. The topological polar surface area (TPSA) is 104 Å². The molecule has 1 aromatic rings. The fraction of sp³-hybridized carbons (Fsp3) is 0.333. The van der Waals surface area contributed by atoms with Gasteiger partial charge >= 0.3 is 11.9 Å². The van der Waals surface area contributed by atoms with Crippen LogP contribution in [0.15, 0.2) is 18.2 Å². The lowest BCUT2D eigenvalue weighted by Crippen LogP contribution is -2.15. The number of benzene rings is 1. The zero-order chi connectivity index (χ0) is 13.5. The minimum Gasteiger partial charge on any atom is -0.478 e. The average Bonchev–Trinajstić information content (AvgIpc) is 2.36. The SMILES string of the molecule is O=C(O)c1cccc(C(=O)OCCO)c1CCO. The van der Waals surface area contributed by atoms with Crippen molar-refractivity contribution >= 4 is 11.9 Å². The molecule has 0 fully saturated rings. The molecule has 3 N–H and O–H groups in total. The maximum absolute atomic E-state index is 11.7. The van der Waals surface area contributed by atoms with Crippen LogP contribution in [0.3, 0.4) is 0 Å². The van der Waals surface area contributed by atoms with E-state index in [4.69, 9.17) is 20.1 Å². The van der Waals surface area contributed by atoms with Crippen molar-refractivity contribution in [2.45, 2.75) is 6.42 Å². The Labute approximate surface area is 103 Å². The summed E-state index contributed by atoms with van der Waals surface area (Å²) in [6, 6.07) is 4.22. The van der Waals surface area contributed by atoms with Gasteiger partial charge in [-0.1, -0.05) is 6.07 Å². The molecule has 0 aromatic heterocycles. The van der Waals surface area contributed by atoms with Gasteiger partial charge in [-0.3, -0.25) is 0 Å². The van der Waals surface area contributed by atoms with E-state index in [0.717, 1.165) is 0 Å². The Hall–Kier alpha value is -1.92. The van der Waals surface area contributed by atoms with Gasteiger partial charge in [0.2, 0.25) is 0 Å². The maximum atomic E-state index is 11.7. The third kappa shape index (κ3) is 3.28. The van der Waals surface area contributed by atoms with Crippen molar-refractivity contribution in [2.75, 3.05) is 19.8 Å². The number of esters is 1. The first kappa shape index (κ1) is 14.1. The zero-order valence-corrected chi connectivity index (χ0v) is 9.63. The van der Waals surface area contributed by atoms with E-state index in [2.05, 4.69) is 0 Å². The molecule has 0 radical (unpaired) electrons. The molecule has 0 saturated carbocycles. The van der Waals surface area contributed by atoms with Gasteiger partial charge in [-0.05, 0) is 24.1 Å². The molecule has 0 aliphatic heterocycles. The van der Waals surface area contributed by atoms with E-state index in [0.29, 0.717) is 0 Å². The van der Waals surface area contributed by atoms with Gasteiger partial charge in [0.05, 0.1) is 17.7 Å². The third-order valence-electron chi connectivity index (χ3n) is 2.31. The first-order chi connectivity index (χ1) is 8.61. The van der Waals surface area contributed by atoms with E-state index in [1.807, 2.05) is 0 Å². The molecule has 0 amide bonds. The number of aliphatic hydroxyl groups is 2. The van der Waals surface area contributed by atoms with Crippen LogP contribution in [-0.2, 0) is 11.2 Å². The van der Waals surface area contributed by atoms with Crippen LogP contribution in [0.5, 0.6) is 0 Å². The zero-order valence-electron chi connectivity index (χ0n) is 9.63. The summed E-state index contributed by atoms with van der Waals surface area (Å²) in [7, 11) is 0. The van der Waals surface area contributed by atoms with E-state index in [1.165, 1.54) is 18.2 Å². The van der Waals surface area contributed by atoms with Crippen LogP contribution in [0.1, 0.15) is 26.3 Å². The molecule has 0 heterocycles. The van der Waals surface area contributed by atoms with E-state index >= 15 is 0 Å². The smallest absolute Gasteiger partial charge is 0.338 e. The lowest BCUT2D eigenvalue weighted by atomic mass is 9.98. The summed E-state index contributed by atoms with van der Waals surface area (Å²) in [6.07, 6.45) is 0.0477. The molecule has 0 bridgehead atoms. The Morgan fingerprint density at radius 1 is 1.11 bits per heavy atom. The van der Waals surface area contributed by atoms with E-state index in [9.17, 15) is 9.59 Å². The molecular formula is C12H14O6. The van der Waals surface area contributed by atoms with Gasteiger partial charge in [0.15, 0.2) is 0 Å². The molecule has 0 unspecified atom stereocenters. The first-order valence-electron chi connectivity index (χ1n) is 5.35. The summed E-state index contributed by atoms with van der Waals surface area (Å²) in [5.41, 5.74) is 0.287. The highest BCUT2D eigenvalue weighted by atomic mass is 16.5. The number of carbonyl (C=O) groups excluding carboxylic acids is 1. The fourth-order valence-corrected chi connectivity index (χ4v) is 1.58. The number of carbonyl (C=O) groups is 2. The summed E-state index contributed by atoms with van der Waals surface area (Å²) in [5.74, 6) is -1.88. The Morgan fingerprint density at radius 2 is 1.78 bits per heavy atom. The highest BCUT2D eigenvalue weighted by molar-refractivity contribution is 5.97. The molecule has 0 aliphatic rings. The van der Waals surface area contributed by atoms with Gasteiger partial charge < -0.3 is 20.1 Å². The van der Waals surface area contributed by atoms with E-state index < -0.39 is 11.9 Å². The van der Waals surface area contributed by atoms with Crippen LogP contribution in [0.25, 0.3) is 0 Å². The van der Waals surface area contributed by atoms with E-state index in [-0.39, 0.29) is 42.9 Å². The lowest BCUT2D eigenvalue weighted by Gasteiger charge is -2.10. The van der Waals surface area contributed by atoms with Gasteiger partial charge in [-0.15, -0.1) is 0 Å². The minimum absolute atomic E-state index is 0.0394. The molecule has 1 aromatic carbocycles. The Morgan fingerprint density at radius 3 is 2.33 bits per heavy atom. The number of hydrogen-bond donors (Lipinski definition) is 3. The van der Waals surface area contributed by atoms with Crippen molar-refractivity contribution in [3.63, 3.8) is 0 Å². The number of rotatable bonds is 6. The Balaban J connectivity index is 3.13. The van der Waals surface area contributed by atoms with Crippen molar-refractivity contribution < 1.29 is 29.6 Å². The Bertz CT molecular complexity index is 440. The molecule has 0 aliphatic carbocycles. The molecule has 0 spiro atoms. The molecule has 0 saturated heterocycles. The molecule has 6 nitrogen and oxygen atoms in total. The summed E-state index contributed by atoms with van der Waals surface area (Å²) >= 11 is 0. The van der Waals surface area contributed by atoms with Crippen LogP contribution < -0.4 is 0 Å². The number of carboxylic acid groups (broad SMARTS) is 1. The standard InChI is InChI=1S/C12H14O6/c13-5-4-8-9(11(15)16)2-1-3-10(8)12(17)18-7-6-14/h1-3,13-14H,4-7H2,(H,15,16). The quantitative estimate of drug-likeness (QED) is 0.620. The summed E-state index contributed by atoms with van der Waals surface area (Å²) in [6.45, 7) is -0.737. The number of aliphatic hydroxyl groups excluding tert-OH is 2. The predicted octanol–water partition coefficient (Wildman–Crippen LogP) is 0.0687. The highest BCUT2D eigenvalue weighted by Gasteiger charge is 2.18. The summed E-state index contributed by atoms with van der Waals surface area (Å²) in [5, 5.41) is 26.5. The number of hydrogen-bond acceptors (Lipinski definition) is 5. The third-order valence-corrected chi connectivity index (χ3v) is 2.31. The largest absolute Gasteiger partial charge is 0.478 e. The second-order valence-electron chi connectivity index (χ2n) is 3.47. The Kier molecular flexibility index (Phi) is 5.29. The average molecular weight is 254 g/mol. The van der Waals surface area contributed by atoms with Crippen LogP contribution >= 0.6 is 0 Å². The number of aromatic carboxylic acids is 1. The van der Waals surface area contributed by atoms with Gasteiger partial charge in [0.1, 0.15) is 6.61 Å². The van der Waals surface area contributed by atoms with Crippen molar-refractivity contribution in [2.24, 2.45) is 0 Å². The first-order valence-corrected chi connectivity index (χ1v) is 5.35. The van der Waals surface area contributed by atoms with Gasteiger partial charge in [0.25, 0.3) is 0 Å². The second-order valence-corrected chi connectivity index (χ2v) is 3.47. The van der Waals surface area contributed by atoms with Crippen LogP contribution in [-0.4, -0.2) is 47.1 Å². The van der Waals surface area contributed by atoms with Gasteiger partial charge in [0, 0.05) is 6.61 Å². The maximum Gasteiger partial charge on any atom is 0.338 e.